The molecule has 2 heterocycles. The van der Waals surface area contributed by atoms with Gasteiger partial charge in [-0.25, -0.2) is 8.91 Å². The Labute approximate surface area is 188 Å². The van der Waals surface area contributed by atoms with Crippen LogP contribution in [0.2, 0.25) is 0 Å². The Hall–Kier alpha value is -3.84. The van der Waals surface area contributed by atoms with Crippen LogP contribution in [-0.2, 0) is 6.42 Å². The number of hydrogen-bond acceptors (Lipinski definition) is 4. The summed E-state index contributed by atoms with van der Waals surface area (Å²) < 4.78 is 14.9. The molecule has 1 N–H and O–H groups in total. The highest BCUT2D eigenvalue weighted by atomic mass is 32.1. The molecule has 5 aromatic rings. The van der Waals surface area contributed by atoms with Gasteiger partial charge in [0.25, 0.3) is 5.91 Å². The van der Waals surface area contributed by atoms with Crippen molar-refractivity contribution in [3.8, 4) is 22.5 Å². The Kier molecular flexibility index (Phi) is 5.47. The molecule has 0 saturated carbocycles. The Morgan fingerprint density at radius 1 is 0.906 bits per heavy atom. The Morgan fingerprint density at radius 3 is 2.34 bits per heavy atom. The predicted molar refractivity (Wildman–Crippen MR) is 124 cm³/mol. The van der Waals surface area contributed by atoms with Crippen molar-refractivity contribution < 1.29 is 9.18 Å². The molecule has 5 nitrogen and oxygen atoms in total. The van der Waals surface area contributed by atoms with E-state index in [0.29, 0.717) is 24.4 Å². The van der Waals surface area contributed by atoms with Crippen LogP contribution in [0.15, 0.2) is 84.2 Å². The number of nitrogens with zero attached hydrogens (tertiary/aromatic N) is 3. The first-order valence-electron chi connectivity index (χ1n) is 10.2. The fraction of sp³-hybridized carbons (Fsp3) is 0.0800. The molecule has 0 aliphatic rings. The maximum atomic E-state index is 13.2. The van der Waals surface area contributed by atoms with E-state index < -0.39 is 0 Å². The first-order chi connectivity index (χ1) is 15.7. The van der Waals surface area contributed by atoms with Crippen LogP contribution in [0.5, 0.6) is 0 Å². The molecule has 158 valence electrons. The van der Waals surface area contributed by atoms with E-state index >= 15 is 0 Å². The fourth-order valence-electron chi connectivity index (χ4n) is 3.47. The standard InChI is InChI=1S/C25H19FN4OS/c26-21-12-10-19(11-13-21)23-28-25-30(29-23)22(16-32-25)14-15-27-24(31)20-8-6-18(7-9-20)17-4-2-1-3-5-17/h1-13,16H,14-15H2,(H,27,31). The second kappa shape index (κ2) is 8.72. The molecule has 0 atom stereocenters. The molecule has 0 aliphatic carbocycles. The minimum Gasteiger partial charge on any atom is -0.352 e. The van der Waals surface area contributed by atoms with Crippen LogP contribution in [0.4, 0.5) is 4.39 Å². The fourth-order valence-corrected chi connectivity index (χ4v) is 4.32. The molecular formula is C25H19FN4OS. The molecule has 0 spiro atoms. The molecule has 7 heteroatoms. The number of halogens is 1. The number of carbonyl (C=O) groups is 1. The minimum atomic E-state index is -0.291. The number of hydrogen-bond donors (Lipinski definition) is 1. The van der Waals surface area contributed by atoms with E-state index in [4.69, 9.17) is 0 Å². The summed E-state index contributed by atoms with van der Waals surface area (Å²) in [5, 5.41) is 9.51. The first kappa shape index (κ1) is 20.1. The molecule has 0 aliphatic heterocycles. The normalized spacial score (nSPS) is 11.0. The average molecular weight is 443 g/mol. The van der Waals surface area contributed by atoms with Crippen LogP contribution in [0.1, 0.15) is 16.1 Å². The number of carbonyl (C=O) groups excluding carboxylic acids is 1. The molecule has 5 rings (SSSR count). The zero-order chi connectivity index (χ0) is 21.9. The van der Waals surface area contributed by atoms with E-state index in [-0.39, 0.29) is 11.7 Å². The lowest BCUT2D eigenvalue weighted by Gasteiger charge is -2.06. The Balaban J connectivity index is 1.22. The average Bonchev–Trinajstić information content (AvgIpc) is 3.42. The number of amides is 1. The lowest BCUT2D eigenvalue weighted by molar-refractivity contribution is 0.0954. The highest BCUT2D eigenvalue weighted by Gasteiger charge is 2.12. The van der Waals surface area contributed by atoms with E-state index in [1.54, 1.807) is 16.6 Å². The van der Waals surface area contributed by atoms with Crippen molar-refractivity contribution in [2.24, 2.45) is 0 Å². The summed E-state index contributed by atoms with van der Waals surface area (Å²) in [5.41, 5.74) is 4.55. The summed E-state index contributed by atoms with van der Waals surface area (Å²) >= 11 is 1.49. The number of benzene rings is 3. The molecule has 0 bridgehead atoms. The highest BCUT2D eigenvalue weighted by molar-refractivity contribution is 7.15. The number of nitrogens with one attached hydrogen (secondary N) is 1. The molecule has 1 amide bonds. The van der Waals surface area contributed by atoms with Gasteiger partial charge in [-0.3, -0.25) is 4.79 Å². The highest BCUT2D eigenvalue weighted by Crippen LogP contribution is 2.22. The van der Waals surface area contributed by atoms with Crippen molar-refractivity contribution in [3.63, 3.8) is 0 Å². The van der Waals surface area contributed by atoms with Crippen molar-refractivity contribution >= 4 is 22.2 Å². The van der Waals surface area contributed by atoms with Gasteiger partial charge in [0.15, 0.2) is 5.82 Å². The van der Waals surface area contributed by atoms with E-state index in [1.807, 2.05) is 60.0 Å². The van der Waals surface area contributed by atoms with Crippen LogP contribution in [-0.4, -0.2) is 27.0 Å². The summed E-state index contributed by atoms with van der Waals surface area (Å²) in [7, 11) is 0. The first-order valence-corrected chi connectivity index (χ1v) is 11.1. The summed E-state index contributed by atoms with van der Waals surface area (Å²) in [6.07, 6.45) is 0.625. The smallest absolute Gasteiger partial charge is 0.251 e. The van der Waals surface area contributed by atoms with Gasteiger partial charge >= 0.3 is 0 Å². The van der Waals surface area contributed by atoms with Crippen LogP contribution in [0.3, 0.4) is 0 Å². The molecular weight excluding hydrogens is 423 g/mol. The van der Waals surface area contributed by atoms with Gasteiger partial charge in [-0.2, -0.15) is 4.98 Å². The number of aromatic nitrogens is 3. The maximum Gasteiger partial charge on any atom is 0.251 e. The zero-order valence-corrected chi connectivity index (χ0v) is 17.8. The van der Waals surface area contributed by atoms with Gasteiger partial charge in [-0.1, -0.05) is 42.5 Å². The van der Waals surface area contributed by atoms with Crippen molar-refractivity contribution in [1.29, 1.82) is 0 Å². The van der Waals surface area contributed by atoms with E-state index in [1.165, 1.54) is 23.5 Å². The minimum absolute atomic E-state index is 0.110. The lowest BCUT2D eigenvalue weighted by atomic mass is 10.0. The second-order valence-corrected chi connectivity index (χ2v) is 8.15. The van der Waals surface area contributed by atoms with Gasteiger partial charge < -0.3 is 5.32 Å². The molecule has 0 fully saturated rings. The molecule has 2 aromatic heterocycles. The van der Waals surface area contributed by atoms with Crippen molar-refractivity contribution in [2.75, 3.05) is 6.54 Å². The third-order valence-electron chi connectivity index (χ3n) is 5.17. The van der Waals surface area contributed by atoms with E-state index in [9.17, 15) is 9.18 Å². The van der Waals surface area contributed by atoms with Gasteiger partial charge in [-0.15, -0.1) is 16.4 Å². The number of fused-ring (bicyclic) bond motifs is 1. The SMILES string of the molecule is O=C(NCCc1csc2nc(-c3ccc(F)cc3)nn12)c1ccc(-c2ccccc2)cc1. The monoisotopic (exact) mass is 442 g/mol. The van der Waals surface area contributed by atoms with Crippen molar-refractivity contribution in [2.45, 2.75) is 6.42 Å². The summed E-state index contributed by atoms with van der Waals surface area (Å²) in [4.78, 5) is 17.8. The molecule has 32 heavy (non-hydrogen) atoms. The molecule has 3 aromatic carbocycles. The van der Waals surface area contributed by atoms with Crippen LogP contribution >= 0.6 is 11.3 Å². The molecule has 0 radical (unpaired) electrons. The van der Waals surface area contributed by atoms with Crippen molar-refractivity contribution in [3.05, 3.63) is 101 Å². The van der Waals surface area contributed by atoms with Gasteiger partial charge in [0, 0.05) is 29.5 Å². The van der Waals surface area contributed by atoms with Crippen molar-refractivity contribution in [1.82, 2.24) is 19.9 Å². The third kappa shape index (κ3) is 4.15. The second-order valence-electron chi connectivity index (χ2n) is 7.31. The predicted octanol–water partition coefficient (Wildman–Crippen LogP) is 5.24. The number of thiazole rings is 1. The Morgan fingerprint density at radius 2 is 1.59 bits per heavy atom. The van der Waals surface area contributed by atoms with Gasteiger partial charge in [0.05, 0.1) is 5.69 Å². The Bertz CT molecular complexity index is 1360. The maximum absolute atomic E-state index is 13.2. The molecule has 0 saturated heterocycles. The summed E-state index contributed by atoms with van der Waals surface area (Å²) in [6, 6.07) is 23.8. The van der Waals surface area contributed by atoms with Gasteiger partial charge in [0.1, 0.15) is 5.82 Å². The molecule has 0 unspecified atom stereocenters. The van der Waals surface area contributed by atoms with E-state index in [0.717, 1.165) is 27.3 Å². The largest absolute Gasteiger partial charge is 0.352 e. The number of rotatable bonds is 6. The lowest BCUT2D eigenvalue weighted by Crippen LogP contribution is -2.25. The quantitative estimate of drug-likeness (QED) is 0.391. The topological polar surface area (TPSA) is 59.3 Å². The van der Waals surface area contributed by atoms with Gasteiger partial charge in [-0.05, 0) is 47.5 Å². The van der Waals surface area contributed by atoms with Crippen LogP contribution < -0.4 is 5.32 Å². The summed E-state index contributed by atoms with van der Waals surface area (Å²) in [6.45, 7) is 0.483. The van der Waals surface area contributed by atoms with Crippen LogP contribution in [0.25, 0.3) is 27.5 Å². The van der Waals surface area contributed by atoms with Gasteiger partial charge in [0.2, 0.25) is 4.96 Å². The summed E-state index contributed by atoms with van der Waals surface area (Å²) in [5.74, 6) is 0.156. The van der Waals surface area contributed by atoms with Crippen LogP contribution in [0, 0.1) is 5.82 Å². The third-order valence-corrected chi connectivity index (χ3v) is 6.04. The van der Waals surface area contributed by atoms with E-state index in [2.05, 4.69) is 15.4 Å². The zero-order valence-electron chi connectivity index (χ0n) is 17.0.